The van der Waals surface area contributed by atoms with Gasteiger partial charge >= 0.3 is 26.1 Å². The fraction of sp³-hybridized carbons (Fsp3) is 1.00. The average molecular weight is 321 g/mol. The maximum atomic E-state index is 8.46. The Morgan fingerprint density at radius 3 is 1.22 bits per heavy atom. The molecule has 6 N–H and O–H groups in total. The summed E-state index contributed by atoms with van der Waals surface area (Å²) in [6.45, 7) is 2.15. The Kier molecular flexibility index (Phi) is 39.0. The van der Waals surface area contributed by atoms with Crippen LogP contribution in [0.15, 0.2) is 0 Å². The molecule has 0 aromatic carbocycles. The molecule has 108 valence electrons. The molecular formula is C6H18N3O6P3. The molecular weight excluding hydrogens is 303 g/mol. The van der Waals surface area contributed by atoms with E-state index in [1.54, 1.807) is 0 Å². The van der Waals surface area contributed by atoms with E-state index in [-0.39, 0.29) is 0 Å². The van der Waals surface area contributed by atoms with Crippen LogP contribution in [0.1, 0.15) is 25.7 Å². The fourth-order valence-electron chi connectivity index (χ4n) is 0.968. The summed E-state index contributed by atoms with van der Waals surface area (Å²) < 4.78 is 25.4. The van der Waals surface area contributed by atoms with Crippen molar-refractivity contribution >= 4 is 26.1 Å². The minimum absolute atomic E-state index is 0.833. The summed E-state index contributed by atoms with van der Waals surface area (Å²) in [5.41, 5.74) is 9.06. The lowest BCUT2D eigenvalue weighted by atomic mass is 10.2. The number of hydrogen-bond acceptors (Lipinski definition) is 6. The van der Waals surface area contributed by atoms with Gasteiger partial charge in [-0.3, -0.25) is 0 Å². The van der Waals surface area contributed by atoms with E-state index < -0.39 is 26.1 Å². The zero-order valence-corrected chi connectivity index (χ0v) is 12.3. The van der Waals surface area contributed by atoms with E-state index >= 15 is 0 Å². The van der Waals surface area contributed by atoms with E-state index in [1.807, 2.05) is 0 Å². The topological polar surface area (TPSA) is 148 Å². The van der Waals surface area contributed by atoms with Crippen molar-refractivity contribution in [3.8, 4) is 0 Å². The summed E-state index contributed by atoms with van der Waals surface area (Å²) in [7, 11) is -2.50. The molecule has 0 aliphatic carbocycles. The Morgan fingerprint density at radius 2 is 0.944 bits per heavy atom. The largest absolute Gasteiger partial charge is 0.324 e. The maximum Gasteiger partial charge on any atom is 0.324 e. The van der Waals surface area contributed by atoms with Crippen LogP contribution in [0, 0.1) is 0 Å². The van der Waals surface area contributed by atoms with Gasteiger partial charge in [0.1, 0.15) is 0 Å². The average Bonchev–Trinajstić information content (AvgIpc) is 2.47. The summed E-state index contributed by atoms with van der Waals surface area (Å²) in [5, 5.41) is 0. The summed E-state index contributed by atoms with van der Waals surface area (Å²) in [5.74, 6) is 0. The first-order valence-electron chi connectivity index (χ1n) is 4.85. The van der Waals surface area contributed by atoms with Crippen LogP contribution in [-0.4, -0.2) is 27.8 Å². The predicted molar refractivity (Wildman–Crippen MR) is 67.1 cm³/mol. The van der Waals surface area contributed by atoms with E-state index in [2.05, 4.69) is 16.4 Å². The standard InChI is InChI=1S/C6H15N3.3HO2P/c1-2-4-6-8-9-7-5-3-1;3*1-3-2/h7-9H,1-6H2;3*(H,1,2). The van der Waals surface area contributed by atoms with E-state index in [1.165, 1.54) is 25.7 Å². The molecule has 1 fully saturated rings. The van der Waals surface area contributed by atoms with Crippen molar-refractivity contribution in [3.05, 3.63) is 0 Å². The second kappa shape index (κ2) is 30.3. The van der Waals surface area contributed by atoms with Crippen LogP contribution in [0.4, 0.5) is 0 Å². The summed E-state index contributed by atoms with van der Waals surface area (Å²) in [6.07, 6.45) is 5.29. The Hall–Kier alpha value is 0.0600. The van der Waals surface area contributed by atoms with Gasteiger partial charge in [-0.15, -0.1) is 0 Å². The summed E-state index contributed by atoms with van der Waals surface area (Å²) in [6, 6.07) is 0. The fourth-order valence-corrected chi connectivity index (χ4v) is 0.968. The highest BCUT2D eigenvalue weighted by atomic mass is 31.1. The lowest BCUT2D eigenvalue weighted by molar-refractivity contribution is 0.442. The number of nitrogens with one attached hydrogen (secondary N) is 3. The van der Waals surface area contributed by atoms with Gasteiger partial charge in [0, 0.05) is 13.1 Å². The quantitative estimate of drug-likeness (QED) is 0.355. The molecule has 1 aliphatic rings. The molecule has 1 rings (SSSR count). The molecule has 0 amide bonds. The van der Waals surface area contributed by atoms with Gasteiger partial charge in [-0.05, 0) is 12.8 Å². The van der Waals surface area contributed by atoms with E-state index in [0.717, 1.165) is 13.1 Å². The smallest absolute Gasteiger partial charge is 0.310 e. The van der Waals surface area contributed by atoms with E-state index in [0.29, 0.717) is 0 Å². The Morgan fingerprint density at radius 1 is 0.667 bits per heavy atom. The monoisotopic (exact) mass is 321 g/mol. The van der Waals surface area contributed by atoms with Gasteiger partial charge in [-0.1, -0.05) is 12.8 Å². The van der Waals surface area contributed by atoms with Crippen LogP contribution in [0.5, 0.6) is 0 Å². The lowest BCUT2D eigenvalue weighted by Gasteiger charge is -2.03. The third kappa shape index (κ3) is 44.4. The molecule has 1 saturated heterocycles. The molecule has 0 saturated carbocycles. The molecule has 0 bridgehead atoms. The minimum Gasteiger partial charge on any atom is -0.310 e. The Labute approximate surface area is 110 Å². The second-order valence-corrected chi connectivity index (χ2v) is 3.13. The van der Waals surface area contributed by atoms with Crippen LogP contribution >= 0.6 is 26.1 Å². The van der Waals surface area contributed by atoms with Crippen LogP contribution in [0.25, 0.3) is 0 Å². The van der Waals surface area contributed by atoms with E-state index in [9.17, 15) is 0 Å². The Bertz CT molecular complexity index is 136. The molecule has 0 aromatic heterocycles. The molecule has 9 nitrogen and oxygen atoms in total. The highest BCUT2D eigenvalue weighted by Crippen LogP contribution is 1.97. The molecule has 0 unspecified atom stereocenters. The molecule has 1 heterocycles. The first kappa shape index (κ1) is 23.2. The van der Waals surface area contributed by atoms with Crippen LogP contribution in [0.2, 0.25) is 0 Å². The third-order valence-electron chi connectivity index (χ3n) is 1.53. The molecule has 12 heteroatoms. The van der Waals surface area contributed by atoms with Gasteiger partial charge in [0.05, 0.1) is 0 Å². The molecule has 18 heavy (non-hydrogen) atoms. The molecule has 0 radical (unpaired) electrons. The van der Waals surface area contributed by atoms with Crippen LogP contribution in [-0.2, 0) is 13.7 Å². The van der Waals surface area contributed by atoms with Crippen molar-refractivity contribution in [1.29, 1.82) is 0 Å². The lowest BCUT2D eigenvalue weighted by Crippen LogP contribution is -2.43. The maximum absolute atomic E-state index is 8.46. The summed E-state index contributed by atoms with van der Waals surface area (Å²) >= 11 is 0. The normalized spacial score (nSPS) is 15.5. The molecule has 1 aliphatic heterocycles. The van der Waals surface area contributed by atoms with Crippen molar-refractivity contribution in [1.82, 2.24) is 16.4 Å². The van der Waals surface area contributed by atoms with Crippen molar-refractivity contribution in [2.24, 2.45) is 0 Å². The highest BCUT2D eigenvalue weighted by molar-refractivity contribution is 7.16. The number of hydrazine groups is 2. The van der Waals surface area contributed by atoms with Crippen molar-refractivity contribution in [2.75, 3.05) is 13.1 Å². The highest BCUT2D eigenvalue weighted by Gasteiger charge is 1.92. The van der Waals surface area contributed by atoms with Gasteiger partial charge in [0.15, 0.2) is 0 Å². The first-order valence-corrected chi connectivity index (χ1v) is 7.15. The minimum atomic E-state index is -0.833. The van der Waals surface area contributed by atoms with Gasteiger partial charge < -0.3 is 14.7 Å². The third-order valence-corrected chi connectivity index (χ3v) is 1.53. The van der Waals surface area contributed by atoms with Gasteiger partial charge in [0.2, 0.25) is 0 Å². The van der Waals surface area contributed by atoms with Gasteiger partial charge in [0.25, 0.3) is 0 Å². The molecule has 0 spiro atoms. The van der Waals surface area contributed by atoms with Crippen LogP contribution < -0.4 is 16.4 Å². The SMILES string of the molecule is C1CCCNNNCC1.O=PO.O=PO.O=PO. The zero-order valence-electron chi connectivity index (χ0n) is 9.65. The van der Waals surface area contributed by atoms with Gasteiger partial charge in [-0.25, -0.2) is 24.5 Å². The van der Waals surface area contributed by atoms with Gasteiger partial charge in [-0.2, -0.15) is 5.53 Å². The number of hydrogen-bond donors (Lipinski definition) is 6. The number of rotatable bonds is 0. The first-order chi connectivity index (χ1) is 8.74. The van der Waals surface area contributed by atoms with Crippen molar-refractivity contribution in [3.63, 3.8) is 0 Å². The summed E-state index contributed by atoms with van der Waals surface area (Å²) in [4.78, 5) is 21.0. The zero-order chi connectivity index (χ0) is 14.5. The van der Waals surface area contributed by atoms with Crippen molar-refractivity contribution < 1.29 is 28.4 Å². The van der Waals surface area contributed by atoms with Crippen LogP contribution in [0.3, 0.4) is 0 Å². The second-order valence-electron chi connectivity index (χ2n) is 2.64. The van der Waals surface area contributed by atoms with Crippen molar-refractivity contribution in [2.45, 2.75) is 25.7 Å². The molecule has 0 aromatic rings. The predicted octanol–water partition coefficient (Wildman–Crippen LogP) is 0.715. The molecule has 0 atom stereocenters. The Balaban J connectivity index is -0.000000210. The van der Waals surface area contributed by atoms with E-state index in [4.69, 9.17) is 28.4 Å².